The summed E-state index contributed by atoms with van der Waals surface area (Å²) in [5, 5.41) is 0. The van der Waals surface area contributed by atoms with Gasteiger partial charge in [0, 0.05) is 11.8 Å². The van der Waals surface area contributed by atoms with Crippen LogP contribution in [0, 0.1) is 0 Å². The predicted molar refractivity (Wildman–Crippen MR) is 122 cm³/mol. The normalized spacial score (nSPS) is 15.0. The Morgan fingerprint density at radius 2 is 0.724 bits per heavy atom. The number of rotatable bonds is 2. The maximum Gasteiger partial charge on any atom is 0.0637 e. The van der Waals surface area contributed by atoms with E-state index in [1.807, 2.05) is 0 Å². The molecule has 0 bridgehead atoms. The highest BCUT2D eigenvalue weighted by atomic mass is 35.5. The van der Waals surface area contributed by atoms with E-state index in [1.54, 1.807) is 0 Å². The first kappa shape index (κ1) is 17.1. The quantitative estimate of drug-likeness (QED) is 0.308. The van der Waals surface area contributed by atoms with E-state index < -0.39 is 4.87 Å². The van der Waals surface area contributed by atoms with Crippen molar-refractivity contribution in [2.45, 2.75) is 23.6 Å². The lowest BCUT2D eigenvalue weighted by atomic mass is 9.73. The third kappa shape index (κ3) is 2.27. The van der Waals surface area contributed by atoms with Gasteiger partial charge in [-0.05, 0) is 51.4 Å². The minimum absolute atomic E-state index is 0.140. The molecule has 0 N–H and O–H groups in total. The van der Waals surface area contributed by atoms with E-state index >= 15 is 0 Å². The Morgan fingerprint density at radius 1 is 0.483 bits per heavy atom. The Kier molecular flexibility index (Phi) is 3.58. The van der Waals surface area contributed by atoms with Crippen LogP contribution < -0.4 is 0 Å². The summed E-state index contributed by atoms with van der Waals surface area (Å²) in [7, 11) is 0. The van der Waals surface area contributed by atoms with Crippen LogP contribution in [0.2, 0.25) is 0 Å². The molecule has 0 heterocycles. The lowest BCUT2D eigenvalue weighted by molar-refractivity contribution is 0.507. The van der Waals surface area contributed by atoms with E-state index in [1.165, 1.54) is 44.5 Å². The molecule has 0 nitrogen and oxygen atoms in total. The van der Waals surface area contributed by atoms with Crippen LogP contribution in [0.5, 0.6) is 0 Å². The fourth-order valence-electron chi connectivity index (χ4n) is 5.69. The molecule has 2 aliphatic carbocycles. The first-order chi connectivity index (χ1) is 14.2. The zero-order chi connectivity index (χ0) is 19.6. The number of fused-ring (bicyclic) bond motifs is 6. The molecule has 0 amide bonds. The highest BCUT2D eigenvalue weighted by Crippen LogP contribution is 2.60. The Hall–Kier alpha value is -2.83. The van der Waals surface area contributed by atoms with E-state index in [0.717, 1.165) is 0 Å². The fourth-order valence-corrected chi connectivity index (χ4v) is 6.16. The van der Waals surface area contributed by atoms with Crippen molar-refractivity contribution >= 4 is 11.6 Å². The Bertz CT molecular complexity index is 1060. The molecule has 1 heteroatoms. The SMILES string of the molecule is CC(Cl)(C1c2ccccc2-c2ccccc21)C1c2ccccc2-c2ccccc21. The fraction of sp³-hybridized carbons (Fsp3) is 0.143. The predicted octanol–water partition coefficient (Wildman–Crippen LogP) is 7.61. The maximum atomic E-state index is 7.66. The molecule has 0 aliphatic heterocycles. The zero-order valence-corrected chi connectivity index (χ0v) is 17.0. The average Bonchev–Trinajstić information content (AvgIpc) is 3.28. The summed E-state index contributed by atoms with van der Waals surface area (Å²) in [4.78, 5) is -0.495. The molecule has 6 rings (SSSR count). The highest BCUT2D eigenvalue weighted by Gasteiger charge is 2.49. The van der Waals surface area contributed by atoms with Gasteiger partial charge in [-0.15, -0.1) is 11.6 Å². The van der Waals surface area contributed by atoms with Crippen LogP contribution >= 0.6 is 11.6 Å². The van der Waals surface area contributed by atoms with E-state index in [4.69, 9.17) is 11.6 Å². The van der Waals surface area contributed by atoms with Gasteiger partial charge in [0.2, 0.25) is 0 Å². The number of halogens is 1. The smallest absolute Gasteiger partial charge is 0.0637 e. The molecule has 0 spiro atoms. The molecule has 0 unspecified atom stereocenters. The van der Waals surface area contributed by atoms with Crippen molar-refractivity contribution in [3.8, 4) is 22.3 Å². The summed E-state index contributed by atoms with van der Waals surface area (Å²) in [5.74, 6) is 0.279. The molecule has 0 atom stereocenters. The zero-order valence-electron chi connectivity index (χ0n) is 16.3. The summed E-state index contributed by atoms with van der Waals surface area (Å²) in [6, 6.07) is 35.0. The van der Waals surface area contributed by atoms with Crippen LogP contribution in [0.25, 0.3) is 22.3 Å². The Labute approximate surface area is 176 Å². The molecule has 0 saturated carbocycles. The first-order valence-corrected chi connectivity index (χ1v) is 10.6. The summed E-state index contributed by atoms with van der Waals surface area (Å²) in [5.41, 5.74) is 10.6. The molecule has 4 aromatic carbocycles. The minimum Gasteiger partial charge on any atom is -0.118 e. The van der Waals surface area contributed by atoms with Crippen molar-refractivity contribution in [3.63, 3.8) is 0 Å². The lowest BCUT2D eigenvalue weighted by Crippen LogP contribution is -2.33. The molecule has 140 valence electrons. The molecule has 0 radical (unpaired) electrons. The average molecular weight is 393 g/mol. The lowest BCUT2D eigenvalue weighted by Gasteiger charge is -2.37. The molecular formula is C28H21Cl. The van der Waals surface area contributed by atoms with E-state index in [-0.39, 0.29) is 11.8 Å². The summed E-state index contributed by atoms with van der Waals surface area (Å²) < 4.78 is 0. The van der Waals surface area contributed by atoms with Gasteiger partial charge in [0.15, 0.2) is 0 Å². The number of hydrogen-bond donors (Lipinski definition) is 0. The van der Waals surface area contributed by atoms with E-state index in [9.17, 15) is 0 Å². The molecule has 0 aromatic heterocycles. The van der Waals surface area contributed by atoms with Gasteiger partial charge < -0.3 is 0 Å². The van der Waals surface area contributed by atoms with Crippen molar-refractivity contribution in [2.75, 3.05) is 0 Å². The standard InChI is InChI=1S/C28H21Cl/c1-28(29,26-22-14-6-2-10-18(22)19-11-3-7-15-23(19)26)27-24-16-8-4-12-20(24)21-13-5-9-17-25(21)27/h2-17,26-27H,1H3. The molecule has 0 fully saturated rings. The van der Waals surface area contributed by atoms with E-state index in [0.29, 0.717) is 0 Å². The van der Waals surface area contributed by atoms with Crippen LogP contribution in [0.1, 0.15) is 41.0 Å². The number of benzene rings is 4. The van der Waals surface area contributed by atoms with Gasteiger partial charge in [-0.2, -0.15) is 0 Å². The highest BCUT2D eigenvalue weighted by molar-refractivity contribution is 6.26. The first-order valence-electron chi connectivity index (χ1n) is 10.2. The molecule has 2 aliphatic rings. The third-order valence-corrected chi connectivity index (χ3v) is 7.23. The second kappa shape index (κ2) is 6.08. The van der Waals surface area contributed by atoms with Gasteiger partial charge in [0.05, 0.1) is 4.87 Å². The number of hydrogen-bond acceptors (Lipinski definition) is 0. The van der Waals surface area contributed by atoms with Gasteiger partial charge in [-0.1, -0.05) is 97.1 Å². The molecule has 0 saturated heterocycles. The maximum absolute atomic E-state index is 7.66. The summed E-state index contributed by atoms with van der Waals surface area (Å²) >= 11 is 7.66. The van der Waals surface area contributed by atoms with Crippen molar-refractivity contribution in [1.29, 1.82) is 0 Å². The van der Waals surface area contributed by atoms with Crippen LogP contribution in [-0.2, 0) is 0 Å². The van der Waals surface area contributed by atoms with Gasteiger partial charge in [0.25, 0.3) is 0 Å². The Morgan fingerprint density at radius 3 is 1.00 bits per heavy atom. The van der Waals surface area contributed by atoms with Crippen molar-refractivity contribution in [2.24, 2.45) is 0 Å². The van der Waals surface area contributed by atoms with Gasteiger partial charge >= 0.3 is 0 Å². The third-order valence-electron chi connectivity index (χ3n) is 6.80. The molecular weight excluding hydrogens is 372 g/mol. The Balaban J connectivity index is 1.61. The van der Waals surface area contributed by atoms with Crippen molar-refractivity contribution in [3.05, 3.63) is 119 Å². The molecule has 29 heavy (non-hydrogen) atoms. The van der Waals surface area contributed by atoms with Crippen molar-refractivity contribution in [1.82, 2.24) is 0 Å². The minimum atomic E-state index is -0.495. The van der Waals surface area contributed by atoms with Crippen LogP contribution in [-0.4, -0.2) is 4.87 Å². The molecule has 4 aromatic rings. The van der Waals surface area contributed by atoms with Gasteiger partial charge in [-0.25, -0.2) is 0 Å². The monoisotopic (exact) mass is 392 g/mol. The van der Waals surface area contributed by atoms with E-state index in [2.05, 4.69) is 104 Å². The van der Waals surface area contributed by atoms with Crippen LogP contribution in [0.4, 0.5) is 0 Å². The number of alkyl halides is 1. The second-order valence-corrected chi connectivity index (χ2v) is 9.18. The van der Waals surface area contributed by atoms with Crippen molar-refractivity contribution < 1.29 is 0 Å². The summed E-state index contributed by atoms with van der Waals surface area (Å²) in [6.45, 7) is 2.24. The van der Waals surface area contributed by atoms with Crippen LogP contribution in [0.3, 0.4) is 0 Å². The van der Waals surface area contributed by atoms with Crippen LogP contribution in [0.15, 0.2) is 97.1 Å². The second-order valence-electron chi connectivity index (χ2n) is 8.37. The van der Waals surface area contributed by atoms with Gasteiger partial charge in [-0.3, -0.25) is 0 Å². The van der Waals surface area contributed by atoms with Gasteiger partial charge in [0.1, 0.15) is 0 Å². The topological polar surface area (TPSA) is 0 Å². The largest absolute Gasteiger partial charge is 0.118 e. The summed E-state index contributed by atoms with van der Waals surface area (Å²) in [6.07, 6.45) is 0.